The normalized spacial score (nSPS) is 11.1. The summed E-state index contributed by atoms with van der Waals surface area (Å²) in [5.74, 6) is 0.325. The van der Waals surface area contributed by atoms with Gasteiger partial charge in [-0.3, -0.25) is 9.59 Å². The van der Waals surface area contributed by atoms with Crippen LogP contribution in [0.4, 0.5) is 0 Å². The summed E-state index contributed by atoms with van der Waals surface area (Å²) >= 11 is 0. The van der Waals surface area contributed by atoms with E-state index in [4.69, 9.17) is 0 Å². The summed E-state index contributed by atoms with van der Waals surface area (Å²) in [6, 6.07) is 7.62. The third-order valence-electron chi connectivity index (χ3n) is 3.62. The lowest BCUT2D eigenvalue weighted by molar-refractivity contribution is -0.121. The fourth-order valence-electron chi connectivity index (χ4n) is 2.33. The zero-order valence-corrected chi connectivity index (χ0v) is 13.4. The molecule has 0 atom stereocenters. The number of hydrogen-bond acceptors (Lipinski definition) is 3. The molecule has 22 heavy (non-hydrogen) atoms. The molecule has 0 radical (unpaired) electrons. The van der Waals surface area contributed by atoms with Gasteiger partial charge in [-0.25, -0.2) is 0 Å². The number of aryl methyl sites for hydroxylation is 1. The van der Waals surface area contributed by atoms with E-state index in [1.165, 1.54) is 4.68 Å². The molecule has 0 spiro atoms. The molecule has 0 saturated carbocycles. The molecular formula is C17H23N3O2. The number of fused-ring (bicyclic) bond motifs is 1. The molecule has 0 saturated heterocycles. The van der Waals surface area contributed by atoms with Gasteiger partial charge in [0, 0.05) is 24.8 Å². The molecule has 2 aromatic rings. The summed E-state index contributed by atoms with van der Waals surface area (Å²) < 4.78 is 1.41. The molecule has 1 aromatic heterocycles. The van der Waals surface area contributed by atoms with E-state index in [9.17, 15) is 9.59 Å². The van der Waals surface area contributed by atoms with Gasteiger partial charge >= 0.3 is 0 Å². The fraction of sp³-hybridized carbons (Fsp3) is 0.471. The first-order valence-electron chi connectivity index (χ1n) is 7.73. The van der Waals surface area contributed by atoms with Crippen LogP contribution in [-0.2, 0) is 4.79 Å². The Morgan fingerprint density at radius 2 is 1.95 bits per heavy atom. The molecule has 1 N–H and O–H groups in total. The van der Waals surface area contributed by atoms with Crippen LogP contribution in [0.3, 0.4) is 0 Å². The van der Waals surface area contributed by atoms with Gasteiger partial charge in [-0.05, 0) is 25.3 Å². The third-order valence-corrected chi connectivity index (χ3v) is 3.62. The predicted molar refractivity (Wildman–Crippen MR) is 86.8 cm³/mol. The van der Waals surface area contributed by atoms with Gasteiger partial charge in [-0.1, -0.05) is 32.0 Å². The first-order chi connectivity index (χ1) is 10.5. The van der Waals surface area contributed by atoms with Gasteiger partial charge < -0.3 is 5.32 Å². The molecule has 0 aliphatic rings. The molecule has 1 heterocycles. The second-order valence-corrected chi connectivity index (χ2v) is 5.94. The van der Waals surface area contributed by atoms with Gasteiger partial charge in [0.05, 0.1) is 11.2 Å². The lowest BCUT2D eigenvalue weighted by Gasteiger charge is -2.07. The average Bonchev–Trinajstić information content (AvgIpc) is 2.82. The van der Waals surface area contributed by atoms with Crippen LogP contribution in [0.5, 0.6) is 0 Å². The summed E-state index contributed by atoms with van der Waals surface area (Å²) in [6.45, 7) is 6.76. The van der Waals surface area contributed by atoms with Crippen LogP contribution < -0.4 is 5.32 Å². The number of benzene rings is 1. The van der Waals surface area contributed by atoms with E-state index < -0.39 is 0 Å². The van der Waals surface area contributed by atoms with Gasteiger partial charge in [0.1, 0.15) is 0 Å². The highest BCUT2D eigenvalue weighted by Crippen LogP contribution is 2.17. The first kappa shape index (κ1) is 16.2. The highest BCUT2D eigenvalue weighted by atomic mass is 16.2. The van der Waals surface area contributed by atoms with Crippen molar-refractivity contribution in [3.63, 3.8) is 0 Å². The molecule has 0 bridgehead atoms. The number of carbonyl (C=O) groups excluding carboxylic acids is 2. The molecule has 0 unspecified atom stereocenters. The van der Waals surface area contributed by atoms with E-state index in [0.717, 1.165) is 23.0 Å². The lowest BCUT2D eigenvalue weighted by Crippen LogP contribution is -2.26. The second kappa shape index (κ2) is 7.20. The van der Waals surface area contributed by atoms with Crippen LogP contribution in [0.25, 0.3) is 10.9 Å². The average molecular weight is 301 g/mol. The number of aromatic nitrogens is 2. The highest BCUT2D eigenvalue weighted by Gasteiger charge is 2.14. The number of rotatable bonds is 6. The van der Waals surface area contributed by atoms with Gasteiger partial charge in [0.2, 0.25) is 11.8 Å². The zero-order valence-electron chi connectivity index (χ0n) is 13.4. The molecule has 5 nitrogen and oxygen atoms in total. The molecule has 1 aromatic carbocycles. The zero-order chi connectivity index (χ0) is 16.1. The van der Waals surface area contributed by atoms with Crippen molar-refractivity contribution in [1.29, 1.82) is 0 Å². The quantitative estimate of drug-likeness (QED) is 0.892. The topological polar surface area (TPSA) is 64.0 Å². The molecule has 0 aliphatic heterocycles. The van der Waals surface area contributed by atoms with Crippen LogP contribution in [-0.4, -0.2) is 28.1 Å². The van der Waals surface area contributed by atoms with E-state index >= 15 is 0 Å². The van der Waals surface area contributed by atoms with E-state index in [0.29, 0.717) is 12.5 Å². The van der Waals surface area contributed by atoms with Crippen molar-refractivity contribution in [1.82, 2.24) is 15.1 Å². The number of hydrogen-bond donors (Lipinski definition) is 1. The van der Waals surface area contributed by atoms with Crippen molar-refractivity contribution < 1.29 is 9.59 Å². The monoisotopic (exact) mass is 301 g/mol. The molecule has 0 aliphatic carbocycles. The van der Waals surface area contributed by atoms with Crippen LogP contribution in [0.15, 0.2) is 24.3 Å². The number of nitrogens with zero attached hydrogens (tertiary/aromatic N) is 2. The van der Waals surface area contributed by atoms with Crippen LogP contribution in [0.1, 0.15) is 43.6 Å². The summed E-state index contributed by atoms with van der Waals surface area (Å²) in [5, 5.41) is 8.10. The summed E-state index contributed by atoms with van der Waals surface area (Å²) in [4.78, 5) is 24.0. The highest BCUT2D eigenvalue weighted by molar-refractivity contribution is 5.93. The summed E-state index contributed by atoms with van der Waals surface area (Å²) in [7, 11) is 0. The Kier molecular flexibility index (Phi) is 5.31. The van der Waals surface area contributed by atoms with Crippen molar-refractivity contribution in [2.24, 2.45) is 5.92 Å². The largest absolute Gasteiger partial charge is 0.356 e. The van der Waals surface area contributed by atoms with Gasteiger partial charge in [0.15, 0.2) is 0 Å². The number of amides is 1. The molecule has 118 valence electrons. The predicted octanol–water partition coefficient (Wildman–Crippen LogP) is 2.93. The molecule has 2 rings (SSSR count). The van der Waals surface area contributed by atoms with Crippen LogP contribution in [0, 0.1) is 12.8 Å². The molecular weight excluding hydrogens is 278 g/mol. The van der Waals surface area contributed by atoms with Gasteiger partial charge in [0.25, 0.3) is 0 Å². The Hall–Kier alpha value is -2.17. The van der Waals surface area contributed by atoms with E-state index in [1.54, 1.807) is 0 Å². The van der Waals surface area contributed by atoms with Crippen molar-refractivity contribution in [3.05, 3.63) is 30.0 Å². The van der Waals surface area contributed by atoms with Crippen molar-refractivity contribution in [3.8, 4) is 0 Å². The number of para-hydroxylation sites is 1. The summed E-state index contributed by atoms with van der Waals surface area (Å²) in [5.41, 5.74) is 1.62. The Morgan fingerprint density at radius 1 is 1.23 bits per heavy atom. The number of nitrogens with one attached hydrogen (secondary N) is 1. The van der Waals surface area contributed by atoms with Crippen molar-refractivity contribution >= 4 is 22.7 Å². The van der Waals surface area contributed by atoms with Crippen molar-refractivity contribution in [2.75, 3.05) is 6.54 Å². The molecule has 1 amide bonds. The molecule has 5 heteroatoms. The standard InChI is InChI=1S/C17H23N3O2/c1-12(2)10-11-18-16(21)8-9-17(22)20-15-7-5-4-6-14(15)13(3)19-20/h4-7,12H,8-11H2,1-3H3,(H,18,21). The SMILES string of the molecule is Cc1nn(C(=O)CCC(=O)NCCC(C)C)c2ccccc12. The van der Waals surface area contributed by atoms with Gasteiger partial charge in [-0.15, -0.1) is 0 Å². The Balaban J connectivity index is 1.93. The van der Waals surface area contributed by atoms with E-state index in [2.05, 4.69) is 24.3 Å². The lowest BCUT2D eigenvalue weighted by atomic mass is 10.1. The minimum atomic E-state index is -0.150. The van der Waals surface area contributed by atoms with Gasteiger partial charge in [-0.2, -0.15) is 9.78 Å². The maximum Gasteiger partial charge on any atom is 0.247 e. The van der Waals surface area contributed by atoms with E-state index in [-0.39, 0.29) is 24.7 Å². The Labute approximate surface area is 130 Å². The first-order valence-corrected chi connectivity index (χ1v) is 7.73. The summed E-state index contributed by atoms with van der Waals surface area (Å²) in [6.07, 6.45) is 1.31. The Bertz CT molecular complexity index is 674. The minimum Gasteiger partial charge on any atom is -0.356 e. The fourth-order valence-corrected chi connectivity index (χ4v) is 2.33. The second-order valence-electron chi connectivity index (χ2n) is 5.94. The smallest absolute Gasteiger partial charge is 0.247 e. The molecule has 0 fully saturated rings. The number of carbonyl (C=O) groups is 2. The maximum absolute atomic E-state index is 12.3. The third kappa shape index (κ3) is 3.93. The maximum atomic E-state index is 12.3. The van der Waals surface area contributed by atoms with Crippen molar-refractivity contribution in [2.45, 2.75) is 40.0 Å². The van der Waals surface area contributed by atoms with E-state index in [1.807, 2.05) is 31.2 Å². The minimum absolute atomic E-state index is 0.0813. The van der Waals surface area contributed by atoms with Crippen LogP contribution in [0.2, 0.25) is 0 Å². The Morgan fingerprint density at radius 3 is 2.68 bits per heavy atom. The van der Waals surface area contributed by atoms with Crippen LogP contribution >= 0.6 is 0 Å².